The number of unbranched alkanes of at least 4 members (excludes halogenated alkanes) is 3. The molecule has 7 heteroatoms. The fraction of sp³-hybridized carbons (Fsp3) is 0.526. The van der Waals surface area contributed by atoms with E-state index in [1.807, 2.05) is 12.1 Å². The van der Waals surface area contributed by atoms with Crippen LogP contribution in [0.1, 0.15) is 49.0 Å². The van der Waals surface area contributed by atoms with E-state index in [-0.39, 0.29) is 5.91 Å². The predicted molar refractivity (Wildman–Crippen MR) is 107 cm³/mol. The van der Waals surface area contributed by atoms with Crippen LogP contribution in [0.2, 0.25) is 0 Å². The third-order valence-electron chi connectivity index (χ3n) is 5.01. The molecule has 1 amide bonds. The number of amides is 1. The average molecular weight is 372 g/mol. The number of fused-ring (bicyclic) bond motifs is 3. The summed E-state index contributed by atoms with van der Waals surface area (Å²) in [6.07, 6.45) is 9.09. The second-order valence-electron chi connectivity index (χ2n) is 7.20. The van der Waals surface area contributed by atoms with Crippen LogP contribution in [0.25, 0.3) is 21.8 Å². The van der Waals surface area contributed by atoms with Crippen molar-refractivity contribution >= 4 is 40.3 Å². The van der Waals surface area contributed by atoms with Crippen molar-refractivity contribution in [1.82, 2.24) is 25.3 Å². The summed E-state index contributed by atoms with van der Waals surface area (Å²) in [5, 5.41) is 16.7. The van der Waals surface area contributed by atoms with Crippen LogP contribution in [0.15, 0.2) is 18.3 Å². The number of rotatable bonds is 9. The molecule has 1 saturated carbocycles. The molecule has 0 saturated heterocycles. The van der Waals surface area contributed by atoms with Crippen LogP contribution in [0.3, 0.4) is 0 Å². The van der Waals surface area contributed by atoms with E-state index in [1.165, 1.54) is 12.8 Å². The smallest absolute Gasteiger partial charge is 0.272 e. The lowest BCUT2D eigenvalue weighted by Gasteiger charge is -2.03. The zero-order valence-electron chi connectivity index (χ0n) is 14.9. The molecule has 1 aromatic carbocycles. The summed E-state index contributed by atoms with van der Waals surface area (Å²) in [6, 6.07) is 3.95. The Labute approximate surface area is 158 Å². The second-order valence-corrected chi connectivity index (χ2v) is 7.65. The summed E-state index contributed by atoms with van der Waals surface area (Å²) in [4.78, 5) is 12.5. The molecule has 1 aliphatic rings. The van der Waals surface area contributed by atoms with Crippen molar-refractivity contribution in [3.05, 3.63) is 24.0 Å². The summed E-state index contributed by atoms with van der Waals surface area (Å²) in [5.74, 6) is 1.58. The van der Waals surface area contributed by atoms with Crippen LogP contribution in [-0.2, 0) is 6.54 Å². The van der Waals surface area contributed by atoms with E-state index in [0.29, 0.717) is 12.2 Å². The molecular formula is C19H25N5OS. The van der Waals surface area contributed by atoms with E-state index in [1.54, 1.807) is 0 Å². The van der Waals surface area contributed by atoms with E-state index in [9.17, 15) is 4.79 Å². The number of aromatic nitrogens is 4. The molecule has 0 unspecified atom stereocenters. The normalized spacial score (nSPS) is 14.3. The van der Waals surface area contributed by atoms with Crippen molar-refractivity contribution in [2.45, 2.75) is 45.1 Å². The van der Waals surface area contributed by atoms with Gasteiger partial charge >= 0.3 is 0 Å². The first-order valence-electron chi connectivity index (χ1n) is 9.49. The van der Waals surface area contributed by atoms with Crippen molar-refractivity contribution in [1.29, 1.82) is 0 Å². The first-order chi connectivity index (χ1) is 12.8. The molecule has 0 atom stereocenters. The molecule has 2 N–H and O–H groups in total. The number of nitrogens with zero attached hydrogens (tertiary/aromatic N) is 3. The van der Waals surface area contributed by atoms with Gasteiger partial charge in [0.2, 0.25) is 0 Å². The number of hydrogen-bond donors (Lipinski definition) is 3. The lowest BCUT2D eigenvalue weighted by Crippen LogP contribution is -2.25. The van der Waals surface area contributed by atoms with Crippen LogP contribution < -0.4 is 5.32 Å². The van der Waals surface area contributed by atoms with Gasteiger partial charge in [0.1, 0.15) is 5.52 Å². The fourth-order valence-corrected chi connectivity index (χ4v) is 3.58. The fourth-order valence-electron chi connectivity index (χ4n) is 3.35. The Bertz CT molecular complexity index is 911. The standard InChI is InChI=1S/C19H25N5OS/c25-19(20-9-3-1-2-4-10-26)18-14-7-8-16-15(17(14)21-22-18)12-24(23-16)11-13-5-6-13/h7-8,12-13,23,26H,1-6,9-11H2,(H,20,25). The van der Waals surface area contributed by atoms with Gasteiger partial charge in [-0.05, 0) is 49.5 Å². The number of nitrogens with one attached hydrogen (secondary N) is 2. The third kappa shape index (κ3) is 3.72. The van der Waals surface area contributed by atoms with Gasteiger partial charge in [-0.1, -0.05) is 12.8 Å². The minimum atomic E-state index is -0.137. The van der Waals surface area contributed by atoms with E-state index >= 15 is 0 Å². The van der Waals surface area contributed by atoms with Gasteiger partial charge in [-0.2, -0.15) is 12.6 Å². The summed E-state index contributed by atoms with van der Waals surface area (Å²) in [7, 11) is 0. The Morgan fingerprint density at radius 3 is 2.85 bits per heavy atom. The van der Waals surface area contributed by atoms with Gasteiger partial charge in [0.25, 0.3) is 5.91 Å². The molecule has 4 rings (SSSR count). The highest BCUT2D eigenvalue weighted by Crippen LogP contribution is 2.31. The molecule has 0 bridgehead atoms. The van der Waals surface area contributed by atoms with Gasteiger partial charge in [-0.25, -0.2) is 0 Å². The summed E-state index contributed by atoms with van der Waals surface area (Å²) in [6.45, 7) is 1.69. The molecular weight excluding hydrogens is 346 g/mol. The lowest BCUT2D eigenvalue weighted by atomic mass is 10.1. The maximum Gasteiger partial charge on any atom is 0.272 e. The van der Waals surface area contributed by atoms with Crippen molar-refractivity contribution in [2.75, 3.05) is 12.3 Å². The number of benzene rings is 1. The monoisotopic (exact) mass is 371 g/mol. The van der Waals surface area contributed by atoms with Crippen LogP contribution in [0, 0.1) is 5.92 Å². The Morgan fingerprint density at radius 2 is 2.04 bits per heavy atom. The number of aromatic amines is 1. The maximum atomic E-state index is 12.5. The van der Waals surface area contributed by atoms with Crippen molar-refractivity contribution in [2.24, 2.45) is 5.92 Å². The first kappa shape index (κ1) is 17.4. The quantitative estimate of drug-likeness (QED) is 0.398. The van der Waals surface area contributed by atoms with Gasteiger partial charge in [0.05, 0.1) is 5.52 Å². The number of H-pyrrole nitrogens is 1. The van der Waals surface area contributed by atoms with Gasteiger partial charge in [0.15, 0.2) is 5.69 Å². The minimum absolute atomic E-state index is 0.137. The number of carbonyl (C=O) groups is 1. The van der Waals surface area contributed by atoms with Crippen LogP contribution in [0.5, 0.6) is 0 Å². The van der Waals surface area contributed by atoms with Crippen LogP contribution in [0.4, 0.5) is 0 Å². The van der Waals surface area contributed by atoms with E-state index < -0.39 is 0 Å². The van der Waals surface area contributed by atoms with E-state index in [4.69, 9.17) is 0 Å². The molecule has 2 heterocycles. The van der Waals surface area contributed by atoms with Crippen LogP contribution in [-0.4, -0.2) is 38.2 Å². The summed E-state index contributed by atoms with van der Waals surface area (Å²) < 4.78 is 2.13. The molecule has 0 radical (unpaired) electrons. The van der Waals surface area contributed by atoms with Crippen molar-refractivity contribution in [3.8, 4) is 0 Å². The van der Waals surface area contributed by atoms with Gasteiger partial charge in [-0.3, -0.25) is 14.6 Å². The Morgan fingerprint density at radius 1 is 1.19 bits per heavy atom. The third-order valence-corrected chi connectivity index (χ3v) is 5.32. The van der Waals surface area contributed by atoms with Crippen LogP contribution >= 0.6 is 12.6 Å². The first-order valence-corrected chi connectivity index (χ1v) is 10.1. The highest BCUT2D eigenvalue weighted by Gasteiger charge is 2.22. The zero-order chi connectivity index (χ0) is 17.9. The predicted octanol–water partition coefficient (Wildman–Crippen LogP) is 3.54. The van der Waals surface area contributed by atoms with Gasteiger partial charge < -0.3 is 5.32 Å². The molecule has 2 aromatic heterocycles. The van der Waals surface area contributed by atoms with Crippen molar-refractivity contribution in [3.63, 3.8) is 0 Å². The van der Waals surface area contributed by atoms with E-state index in [2.05, 4.69) is 44.1 Å². The maximum absolute atomic E-state index is 12.5. The summed E-state index contributed by atoms with van der Waals surface area (Å²) in [5.41, 5.74) is 2.26. The highest BCUT2D eigenvalue weighted by atomic mass is 32.1. The second kappa shape index (κ2) is 7.70. The highest BCUT2D eigenvalue weighted by molar-refractivity contribution is 7.80. The van der Waals surface area contributed by atoms with Crippen molar-refractivity contribution < 1.29 is 4.79 Å². The van der Waals surface area contributed by atoms with Gasteiger partial charge in [0, 0.05) is 30.1 Å². The summed E-state index contributed by atoms with van der Waals surface area (Å²) >= 11 is 4.21. The average Bonchev–Trinajstić information content (AvgIpc) is 3.18. The molecule has 6 nitrogen and oxygen atoms in total. The molecule has 3 aromatic rings. The lowest BCUT2D eigenvalue weighted by molar-refractivity contribution is 0.0949. The molecule has 138 valence electrons. The largest absolute Gasteiger partial charge is 0.351 e. The topological polar surface area (TPSA) is 75.6 Å². The Balaban J connectivity index is 1.46. The zero-order valence-corrected chi connectivity index (χ0v) is 15.8. The minimum Gasteiger partial charge on any atom is -0.351 e. The molecule has 26 heavy (non-hydrogen) atoms. The SMILES string of the molecule is O=C(NCCCCCCS)c1nnc2c1ccc1[nH]n(CC3CC3)cc12. The van der Waals surface area contributed by atoms with Gasteiger partial charge in [-0.15, -0.1) is 10.2 Å². The molecule has 0 aliphatic heterocycles. The molecule has 1 fully saturated rings. The molecule has 1 aliphatic carbocycles. The van der Waals surface area contributed by atoms with E-state index in [0.717, 1.165) is 65.7 Å². The Kier molecular flexibility index (Phi) is 5.15. The number of thiol groups is 1. The Hall–Kier alpha value is -2.02. The molecule has 0 spiro atoms. The number of hydrogen-bond acceptors (Lipinski definition) is 4. The number of carbonyl (C=O) groups excluding carboxylic acids is 1.